The third-order valence-electron chi connectivity index (χ3n) is 0. The first-order valence-corrected chi connectivity index (χ1v) is 0.988. The number of halogens is 1. The zero-order valence-corrected chi connectivity index (χ0v) is 4.99. The second-order valence-electron chi connectivity index (χ2n) is 0.211. The van der Waals surface area contributed by atoms with E-state index in [-0.39, 0.29) is 67.7 Å². The molecule has 4 nitrogen and oxygen atoms in total. The summed E-state index contributed by atoms with van der Waals surface area (Å²) in [5, 5.41) is 13.8. The predicted octanol–water partition coefficient (Wildman–Crippen LogP) is -0.937. The summed E-state index contributed by atoms with van der Waals surface area (Å²) in [6.45, 7) is -0.500. The van der Waals surface area contributed by atoms with E-state index < -0.39 is 0 Å². The van der Waals surface area contributed by atoms with E-state index in [2.05, 4.69) is 0 Å². The van der Waals surface area contributed by atoms with E-state index in [0.717, 1.165) is 0 Å². The van der Waals surface area contributed by atoms with Crippen LogP contribution in [-0.4, -0.2) is 60.9 Å². The Kier molecular flexibility index (Phi) is 139. The van der Waals surface area contributed by atoms with Crippen LogP contribution in [0.2, 0.25) is 0 Å². The predicted molar refractivity (Wildman–Crippen MR) is 36.3 cm³/mol. The molecule has 2 N–H and O–H groups in total. The number of hydrogen-bond donors (Lipinski definition) is 2. The fourth-order valence-electron chi connectivity index (χ4n) is 0. The molecule has 0 rings (SSSR count). The molecule has 0 aliphatic rings. The van der Waals surface area contributed by atoms with Crippen molar-refractivity contribution in [1.29, 1.82) is 0 Å². The van der Waals surface area contributed by atoms with Crippen molar-refractivity contribution in [3.05, 3.63) is 0 Å². The van der Waals surface area contributed by atoms with Gasteiger partial charge in [0.25, 0.3) is 12.9 Å². The molecule has 0 radical (unpaired) electrons. The standard InChI is InChI=1S/2CH2O2.BrH.Ca.2H/c2*2-1-3;;;;/h2*1H,(H,2,3);1H;;;. The van der Waals surface area contributed by atoms with Gasteiger partial charge < -0.3 is 10.2 Å². The van der Waals surface area contributed by atoms with Gasteiger partial charge in [-0.25, -0.2) is 0 Å². The zero-order valence-electron chi connectivity index (χ0n) is 3.27. The summed E-state index contributed by atoms with van der Waals surface area (Å²) < 4.78 is 0. The minimum absolute atomic E-state index is 0. The molecule has 0 aromatic carbocycles. The molecule has 0 spiro atoms. The van der Waals surface area contributed by atoms with Crippen LogP contribution in [0.1, 0.15) is 0 Å². The van der Waals surface area contributed by atoms with E-state index in [0.29, 0.717) is 0 Å². The molecular weight excluding hydrogens is 208 g/mol. The van der Waals surface area contributed by atoms with Crippen molar-refractivity contribution >= 4 is 67.7 Å². The topological polar surface area (TPSA) is 74.6 Å². The molecule has 0 unspecified atom stereocenters. The van der Waals surface area contributed by atoms with Crippen molar-refractivity contribution < 1.29 is 19.8 Å². The van der Waals surface area contributed by atoms with Gasteiger partial charge in [0, 0.05) is 0 Å². The van der Waals surface area contributed by atoms with Gasteiger partial charge in [-0.15, -0.1) is 17.0 Å². The average molecular weight is 215 g/mol. The maximum absolute atomic E-state index is 8.36. The molecule has 0 aliphatic heterocycles. The molecule has 0 aromatic heterocycles. The zero-order chi connectivity index (χ0) is 5.41. The van der Waals surface area contributed by atoms with E-state index in [4.69, 9.17) is 19.8 Å². The molecule has 6 heteroatoms. The Bertz CT molecular complexity index is 35.0. The van der Waals surface area contributed by atoms with Crippen LogP contribution < -0.4 is 0 Å². The van der Waals surface area contributed by atoms with Gasteiger partial charge in [-0.3, -0.25) is 9.59 Å². The van der Waals surface area contributed by atoms with Crippen LogP contribution in [0.5, 0.6) is 0 Å². The molecule has 0 fully saturated rings. The quantitative estimate of drug-likeness (QED) is 0.404. The van der Waals surface area contributed by atoms with Crippen molar-refractivity contribution in [3.63, 3.8) is 0 Å². The van der Waals surface area contributed by atoms with Crippen LogP contribution >= 0.6 is 17.0 Å². The van der Waals surface area contributed by atoms with Crippen molar-refractivity contribution in [1.82, 2.24) is 0 Å². The van der Waals surface area contributed by atoms with E-state index in [9.17, 15) is 0 Å². The van der Waals surface area contributed by atoms with Crippen LogP contribution in [0.15, 0.2) is 0 Å². The first kappa shape index (κ1) is 23.4. The summed E-state index contributed by atoms with van der Waals surface area (Å²) in [4.78, 5) is 16.7. The molecule has 8 heavy (non-hydrogen) atoms. The van der Waals surface area contributed by atoms with E-state index in [1.54, 1.807) is 0 Å². The van der Waals surface area contributed by atoms with Crippen LogP contribution in [-0.2, 0) is 9.59 Å². The molecule has 0 saturated carbocycles. The van der Waals surface area contributed by atoms with Crippen molar-refractivity contribution in [2.45, 2.75) is 0 Å². The first-order chi connectivity index (χ1) is 2.83. The monoisotopic (exact) mass is 214 g/mol. The van der Waals surface area contributed by atoms with Gasteiger partial charge in [0.2, 0.25) is 0 Å². The van der Waals surface area contributed by atoms with Gasteiger partial charge in [0.1, 0.15) is 0 Å². The average Bonchev–Trinajstić information content (AvgIpc) is 1.39. The second kappa shape index (κ2) is 47.7. The van der Waals surface area contributed by atoms with Crippen molar-refractivity contribution in [2.24, 2.45) is 0 Å². The summed E-state index contributed by atoms with van der Waals surface area (Å²) in [6.07, 6.45) is 0. The molecule has 0 aromatic rings. The molecular formula is C2H7BrCaO4. The van der Waals surface area contributed by atoms with Crippen molar-refractivity contribution in [3.8, 4) is 0 Å². The molecule has 0 bridgehead atoms. The molecule has 0 saturated heterocycles. The number of carbonyl (C=O) groups is 2. The Morgan fingerprint density at radius 3 is 1.00 bits per heavy atom. The summed E-state index contributed by atoms with van der Waals surface area (Å²) in [7, 11) is 0. The fourth-order valence-corrected chi connectivity index (χ4v) is 0. The first-order valence-electron chi connectivity index (χ1n) is 0.988. The summed E-state index contributed by atoms with van der Waals surface area (Å²) in [5.41, 5.74) is 0. The normalized spacial score (nSPS) is 3.00. The second-order valence-corrected chi connectivity index (χ2v) is 0.211. The van der Waals surface area contributed by atoms with Gasteiger partial charge in [-0.1, -0.05) is 0 Å². The van der Waals surface area contributed by atoms with Crippen LogP contribution in [0, 0.1) is 0 Å². The Balaban J connectivity index is -0.0000000160. The van der Waals surface area contributed by atoms with Gasteiger partial charge in [0.05, 0.1) is 0 Å². The fraction of sp³-hybridized carbons (Fsp3) is 0. The number of rotatable bonds is 0. The Morgan fingerprint density at radius 2 is 1.00 bits per heavy atom. The summed E-state index contributed by atoms with van der Waals surface area (Å²) >= 11 is 0. The van der Waals surface area contributed by atoms with E-state index in [1.165, 1.54) is 0 Å². The molecule has 0 amide bonds. The van der Waals surface area contributed by atoms with Gasteiger partial charge in [-0.2, -0.15) is 0 Å². The van der Waals surface area contributed by atoms with Gasteiger partial charge >= 0.3 is 37.7 Å². The Hall–Kier alpha value is 0.680. The van der Waals surface area contributed by atoms with Crippen LogP contribution in [0.4, 0.5) is 0 Å². The Labute approximate surface area is 86.7 Å². The minimum atomic E-state index is -0.250. The summed E-state index contributed by atoms with van der Waals surface area (Å²) in [5.74, 6) is 0. The summed E-state index contributed by atoms with van der Waals surface area (Å²) in [6, 6.07) is 0. The molecule has 0 aliphatic carbocycles. The third-order valence-corrected chi connectivity index (χ3v) is 0. The van der Waals surface area contributed by atoms with E-state index in [1.807, 2.05) is 0 Å². The Morgan fingerprint density at radius 1 is 1.00 bits per heavy atom. The third kappa shape index (κ3) is 466. The maximum atomic E-state index is 8.36. The van der Waals surface area contributed by atoms with E-state index >= 15 is 0 Å². The molecule has 0 heterocycles. The molecule has 0 atom stereocenters. The number of hydrogen-bond acceptors (Lipinski definition) is 2. The SMILES string of the molecule is Br.O=CO.O=CO.[CaH2]. The van der Waals surface area contributed by atoms with Gasteiger partial charge in [-0.05, 0) is 0 Å². The molecule has 48 valence electrons. The van der Waals surface area contributed by atoms with Crippen molar-refractivity contribution in [2.75, 3.05) is 0 Å². The van der Waals surface area contributed by atoms with Crippen LogP contribution in [0.3, 0.4) is 0 Å². The van der Waals surface area contributed by atoms with Gasteiger partial charge in [0.15, 0.2) is 0 Å². The number of carboxylic acid groups (broad SMARTS) is 2. The van der Waals surface area contributed by atoms with Crippen LogP contribution in [0.25, 0.3) is 0 Å².